The number of anilines is 1. The molecule has 1 aliphatic rings. The Bertz CT molecular complexity index is 551. The number of carbonyl (C=O) groups is 1. The number of alkyl halides is 3. The average Bonchev–Trinajstić information content (AvgIpc) is 2.45. The second-order valence-corrected chi connectivity index (χ2v) is 4.57. The van der Waals surface area contributed by atoms with Crippen LogP contribution in [0.15, 0.2) is 12.1 Å². The Morgan fingerprint density at radius 1 is 1.40 bits per heavy atom. The van der Waals surface area contributed by atoms with Gasteiger partial charge in [-0.05, 0) is 31.4 Å². The van der Waals surface area contributed by atoms with Crippen LogP contribution in [0.5, 0.6) is 0 Å². The molecule has 2 rings (SSSR count). The summed E-state index contributed by atoms with van der Waals surface area (Å²) < 4.78 is 38.1. The first-order chi connectivity index (χ1) is 9.47. The fourth-order valence-electron chi connectivity index (χ4n) is 2.27. The standard InChI is InChI=1S/C13H12F3N3O/c14-13(15,16)11-5-4-9(7-17)12(18-11)19-6-2-1-3-10(19)8-20/h4-5,8,10H,1-3,6H2. The topological polar surface area (TPSA) is 57.0 Å². The second-order valence-electron chi connectivity index (χ2n) is 4.57. The second kappa shape index (κ2) is 5.49. The van der Waals surface area contributed by atoms with Crippen LogP contribution >= 0.6 is 0 Å². The minimum Gasteiger partial charge on any atom is -0.346 e. The van der Waals surface area contributed by atoms with Gasteiger partial charge < -0.3 is 9.69 Å². The number of hydrogen-bond donors (Lipinski definition) is 0. The third kappa shape index (κ3) is 2.74. The molecule has 0 amide bonds. The monoisotopic (exact) mass is 283 g/mol. The molecule has 1 aromatic heterocycles. The predicted molar refractivity (Wildman–Crippen MR) is 65.0 cm³/mol. The SMILES string of the molecule is N#Cc1ccc(C(F)(F)F)nc1N1CCCCC1C=O. The maximum absolute atomic E-state index is 12.7. The van der Waals surface area contributed by atoms with Crippen LogP contribution in [-0.4, -0.2) is 23.9 Å². The van der Waals surface area contributed by atoms with E-state index in [4.69, 9.17) is 5.26 Å². The zero-order chi connectivity index (χ0) is 14.8. The highest BCUT2D eigenvalue weighted by atomic mass is 19.4. The van der Waals surface area contributed by atoms with E-state index in [0.717, 1.165) is 25.0 Å². The molecule has 1 aliphatic heterocycles. The first kappa shape index (κ1) is 14.3. The minimum atomic E-state index is -4.57. The van der Waals surface area contributed by atoms with Crippen molar-refractivity contribution in [3.8, 4) is 6.07 Å². The summed E-state index contributed by atoms with van der Waals surface area (Å²) in [6.45, 7) is 0.423. The molecule has 0 N–H and O–H groups in total. The van der Waals surface area contributed by atoms with Crippen molar-refractivity contribution >= 4 is 12.1 Å². The molecule has 0 saturated carbocycles. The summed E-state index contributed by atoms with van der Waals surface area (Å²) in [5.41, 5.74) is -1.01. The van der Waals surface area contributed by atoms with E-state index in [-0.39, 0.29) is 11.4 Å². The summed E-state index contributed by atoms with van der Waals surface area (Å²) >= 11 is 0. The molecule has 1 saturated heterocycles. The van der Waals surface area contributed by atoms with E-state index in [9.17, 15) is 18.0 Å². The van der Waals surface area contributed by atoms with Gasteiger partial charge in [0.15, 0.2) is 0 Å². The van der Waals surface area contributed by atoms with Crippen molar-refractivity contribution in [3.05, 3.63) is 23.4 Å². The molecule has 0 bridgehead atoms. The highest BCUT2D eigenvalue weighted by molar-refractivity contribution is 5.68. The highest BCUT2D eigenvalue weighted by Crippen LogP contribution is 2.32. The van der Waals surface area contributed by atoms with Crippen LogP contribution < -0.4 is 4.90 Å². The maximum Gasteiger partial charge on any atom is 0.433 e. The molecular weight excluding hydrogens is 271 g/mol. The molecule has 1 atom stereocenters. The Hall–Kier alpha value is -2.10. The third-order valence-electron chi connectivity index (χ3n) is 3.26. The zero-order valence-electron chi connectivity index (χ0n) is 10.5. The van der Waals surface area contributed by atoms with Gasteiger partial charge in [-0.3, -0.25) is 0 Å². The summed E-state index contributed by atoms with van der Waals surface area (Å²) in [5, 5.41) is 9.02. The number of pyridine rings is 1. The van der Waals surface area contributed by atoms with E-state index in [1.165, 1.54) is 4.90 Å². The van der Waals surface area contributed by atoms with E-state index in [1.54, 1.807) is 0 Å². The number of rotatable bonds is 2. The zero-order valence-corrected chi connectivity index (χ0v) is 10.5. The number of nitriles is 1. The van der Waals surface area contributed by atoms with Crippen LogP contribution in [0.2, 0.25) is 0 Å². The molecule has 7 heteroatoms. The van der Waals surface area contributed by atoms with Gasteiger partial charge in [0.25, 0.3) is 0 Å². The van der Waals surface area contributed by atoms with Crippen LogP contribution in [0.25, 0.3) is 0 Å². The van der Waals surface area contributed by atoms with Crippen molar-refractivity contribution in [2.24, 2.45) is 0 Å². The van der Waals surface area contributed by atoms with Crippen LogP contribution in [0, 0.1) is 11.3 Å². The van der Waals surface area contributed by atoms with Gasteiger partial charge >= 0.3 is 6.18 Å². The fraction of sp³-hybridized carbons (Fsp3) is 0.462. The lowest BCUT2D eigenvalue weighted by Gasteiger charge is -2.34. The van der Waals surface area contributed by atoms with Gasteiger partial charge in [-0.25, -0.2) is 4.98 Å². The molecule has 0 radical (unpaired) electrons. The molecule has 20 heavy (non-hydrogen) atoms. The molecule has 1 unspecified atom stereocenters. The summed E-state index contributed by atoms with van der Waals surface area (Å²) in [6.07, 6.45) is -1.72. The van der Waals surface area contributed by atoms with Gasteiger partial charge in [-0.15, -0.1) is 0 Å². The molecule has 0 aromatic carbocycles. The van der Waals surface area contributed by atoms with Gasteiger partial charge in [-0.2, -0.15) is 18.4 Å². The van der Waals surface area contributed by atoms with Gasteiger partial charge in [-0.1, -0.05) is 0 Å². The number of hydrogen-bond acceptors (Lipinski definition) is 4. The van der Waals surface area contributed by atoms with Crippen LogP contribution in [0.1, 0.15) is 30.5 Å². The number of piperidine rings is 1. The number of aldehydes is 1. The summed E-state index contributed by atoms with van der Waals surface area (Å²) in [5.74, 6) is -0.0564. The lowest BCUT2D eigenvalue weighted by atomic mass is 10.0. The maximum atomic E-state index is 12.7. The Labute approximate surface area is 113 Å². The van der Waals surface area contributed by atoms with Crippen molar-refractivity contribution in [2.75, 3.05) is 11.4 Å². The normalized spacial score (nSPS) is 19.5. The van der Waals surface area contributed by atoms with Crippen LogP contribution in [0.4, 0.5) is 19.0 Å². The third-order valence-corrected chi connectivity index (χ3v) is 3.26. The van der Waals surface area contributed by atoms with Crippen LogP contribution in [-0.2, 0) is 11.0 Å². The van der Waals surface area contributed by atoms with Crippen LogP contribution in [0.3, 0.4) is 0 Å². The summed E-state index contributed by atoms with van der Waals surface area (Å²) in [4.78, 5) is 16.1. The molecule has 0 aliphatic carbocycles. The van der Waals surface area contributed by atoms with E-state index in [2.05, 4.69) is 4.98 Å². The Morgan fingerprint density at radius 2 is 2.15 bits per heavy atom. The van der Waals surface area contributed by atoms with E-state index < -0.39 is 17.9 Å². The van der Waals surface area contributed by atoms with Gasteiger partial charge in [0.05, 0.1) is 11.6 Å². The smallest absolute Gasteiger partial charge is 0.346 e. The molecule has 1 fully saturated rings. The van der Waals surface area contributed by atoms with Gasteiger partial charge in [0.1, 0.15) is 23.9 Å². The van der Waals surface area contributed by atoms with Crippen molar-refractivity contribution in [2.45, 2.75) is 31.5 Å². The van der Waals surface area contributed by atoms with Crippen molar-refractivity contribution in [1.82, 2.24) is 4.98 Å². The molecule has 106 valence electrons. The molecule has 4 nitrogen and oxygen atoms in total. The largest absolute Gasteiger partial charge is 0.433 e. The highest BCUT2D eigenvalue weighted by Gasteiger charge is 2.34. The first-order valence-electron chi connectivity index (χ1n) is 6.17. The number of carbonyl (C=O) groups excluding carboxylic acids is 1. The predicted octanol–water partition coefficient (Wildman–Crippen LogP) is 2.53. The summed E-state index contributed by atoms with van der Waals surface area (Å²) in [6, 6.07) is 3.19. The van der Waals surface area contributed by atoms with Gasteiger partial charge in [0, 0.05) is 6.54 Å². The van der Waals surface area contributed by atoms with E-state index in [1.807, 2.05) is 6.07 Å². The Balaban J connectivity index is 2.47. The average molecular weight is 283 g/mol. The lowest BCUT2D eigenvalue weighted by molar-refractivity contribution is -0.141. The first-order valence-corrected chi connectivity index (χ1v) is 6.17. The number of nitrogens with zero attached hydrogens (tertiary/aromatic N) is 3. The number of aromatic nitrogens is 1. The Morgan fingerprint density at radius 3 is 2.75 bits per heavy atom. The minimum absolute atomic E-state index is 0.0479. The molecule has 0 spiro atoms. The number of halogens is 3. The Kier molecular flexibility index (Phi) is 3.93. The molecule has 2 heterocycles. The molecular formula is C13H12F3N3O. The van der Waals surface area contributed by atoms with Crippen molar-refractivity contribution < 1.29 is 18.0 Å². The van der Waals surface area contributed by atoms with E-state index in [0.29, 0.717) is 19.3 Å². The lowest BCUT2D eigenvalue weighted by Crippen LogP contribution is -2.41. The van der Waals surface area contributed by atoms with Gasteiger partial charge in [0.2, 0.25) is 0 Å². The van der Waals surface area contributed by atoms with E-state index >= 15 is 0 Å². The molecule has 1 aromatic rings. The van der Waals surface area contributed by atoms with Crippen molar-refractivity contribution in [1.29, 1.82) is 5.26 Å². The summed E-state index contributed by atoms with van der Waals surface area (Å²) in [7, 11) is 0. The fourth-order valence-corrected chi connectivity index (χ4v) is 2.27. The quantitative estimate of drug-likeness (QED) is 0.783. The van der Waals surface area contributed by atoms with Crippen molar-refractivity contribution in [3.63, 3.8) is 0 Å².